The summed E-state index contributed by atoms with van der Waals surface area (Å²) >= 11 is 8.16. The van der Waals surface area contributed by atoms with Crippen molar-refractivity contribution in [1.29, 1.82) is 0 Å². The smallest absolute Gasteiger partial charge is 0.265 e. The molecule has 1 saturated heterocycles. The highest BCUT2D eigenvalue weighted by molar-refractivity contribution is 8.26. The molecule has 7 heteroatoms. The van der Waals surface area contributed by atoms with Gasteiger partial charge in [-0.05, 0) is 29.7 Å². The Morgan fingerprint density at radius 2 is 1.96 bits per heavy atom. The van der Waals surface area contributed by atoms with E-state index in [0.29, 0.717) is 9.23 Å². The van der Waals surface area contributed by atoms with Gasteiger partial charge in [0.1, 0.15) is 10.0 Å². The highest BCUT2D eigenvalue weighted by Gasteiger charge is 2.29. The molecule has 1 aliphatic rings. The van der Waals surface area contributed by atoms with E-state index in [1.165, 1.54) is 16.7 Å². The minimum atomic E-state index is -0.0698. The Kier molecular flexibility index (Phi) is 4.29. The topological polar surface area (TPSA) is 38.1 Å². The lowest BCUT2D eigenvalue weighted by Gasteiger charge is -2.03. The van der Waals surface area contributed by atoms with Crippen molar-refractivity contribution in [2.45, 2.75) is 0 Å². The average molecular weight is 384 g/mol. The Bertz CT molecular complexity index is 974. The molecular formula is C18H13N3OS3. The second-order valence-electron chi connectivity index (χ2n) is 5.43. The standard InChI is InChI=1S/C18H13N3OS3/c1-20-17(22)15(25-18(20)23)10-12-11-21(13-6-3-2-4-7-13)19-16(12)14-8-5-9-24-14/h2-11H,1H3. The van der Waals surface area contributed by atoms with Crippen LogP contribution in [0.15, 0.2) is 58.9 Å². The molecule has 0 atom stereocenters. The van der Waals surface area contributed by atoms with Gasteiger partial charge in [0.2, 0.25) is 0 Å². The molecule has 3 heterocycles. The van der Waals surface area contributed by atoms with Crippen LogP contribution in [0.25, 0.3) is 22.3 Å². The van der Waals surface area contributed by atoms with Crippen LogP contribution in [0.2, 0.25) is 0 Å². The number of benzene rings is 1. The summed E-state index contributed by atoms with van der Waals surface area (Å²) < 4.78 is 2.41. The van der Waals surface area contributed by atoms with Crippen LogP contribution >= 0.6 is 35.3 Å². The number of aromatic nitrogens is 2. The molecule has 1 amide bonds. The zero-order valence-electron chi connectivity index (χ0n) is 13.2. The first kappa shape index (κ1) is 16.3. The third kappa shape index (κ3) is 3.06. The van der Waals surface area contributed by atoms with E-state index in [0.717, 1.165) is 21.8 Å². The lowest BCUT2D eigenvalue weighted by molar-refractivity contribution is -0.121. The lowest BCUT2D eigenvalue weighted by atomic mass is 10.2. The number of hydrogen-bond donors (Lipinski definition) is 0. The Morgan fingerprint density at radius 3 is 2.60 bits per heavy atom. The number of amides is 1. The van der Waals surface area contributed by atoms with Crippen LogP contribution in [-0.2, 0) is 4.79 Å². The number of thioether (sulfide) groups is 1. The molecule has 0 spiro atoms. The predicted molar refractivity (Wildman–Crippen MR) is 108 cm³/mol. The van der Waals surface area contributed by atoms with Crippen LogP contribution in [0.3, 0.4) is 0 Å². The van der Waals surface area contributed by atoms with Crippen molar-refractivity contribution in [3.8, 4) is 16.3 Å². The monoisotopic (exact) mass is 383 g/mol. The molecule has 124 valence electrons. The molecule has 1 fully saturated rings. The first-order valence-electron chi connectivity index (χ1n) is 7.54. The maximum Gasteiger partial charge on any atom is 0.265 e. The van der Waals surface area contributed by atoms with Gasteiger partial charge in [0.25, 0.3) is 5.91 Å². The normalized spacial score (nSPS) is 16.2. The second kappa shape index (κ2) is 6.59. The van der Waals surface area contributed by atoms with E-state index >= 15 is 0 Å². The molecule has 0 N–H and O–H groups in total. The van der Waals surface area contributed by atoms with Crippen LogP contribution in [0.5, 0.6) is 0 Å². The van der Waals surface area contributed by atoms with Gasteiger partial charge in [0.15, 0.2) is 0 Å². The number of thiocarbonyl (C=S) groups is 1. The van der Waals surface area contributed by atoms with Gasteiger partial charge < -0.3 is 0 Å². The number of rotatable bonds is 3. The van der Waals surface area contributed by atoms with Crippen LogP contribution in [0, 0.1) is 0 Å². The molecule has 2 aromatic heterocycles. The first-order valence-corrected chi connectivity index (χ1v) is 9.64. The van der Waals surface area contributed by atoms with Crippen molar-refractivity contribution in [3.05, 3.63) is 64.5 Å². The van der Waals surface area contributed by atoms with Gasteiger partial charge in [0, 0.05) is 18.8 Å². The zero-order valence-corrected chi connectivity index (χ0v) is 15.7. The third-order valence-electron chi connectivity index (χ3n) is 3.79. The quantitative estimate of drug-likeness (QED) is 0.495. The number of carbonyl (C=O) groups excluding carboxylic acids is 1. The summed E-state index contributed by atoms with van der Waals surface area (Å²) in [6.07, 6.45) is 3.83. The highest BCUT2D eigenvalue weighted by Crippen LogP contribution is 2.35. The van der Waals surface area contributed by atoms with Gasteiger partial charge in [-0.2, -0.15) is 5.10 Å². The molecular weight excluding hydrogens is 370 g/mol. The number of hydrogen-bond acceptors (Lipinski definition) is 5. The fraction of sp³-hybridized carbons (Fsp3) is 0.0556. The van der Waals surface area contributed by atoms with Gasteiger partial charge >= 0.3 is 0 Å². The summed E-state index contributed by atoms with van der Waals surface area (Å²) in [4.78, 5) is 15.5. The molecule has 0 radical (unpaired) electrons. The van der Waals surface area contributed by atoms with Crippen molar-refractivity contribution in [2.24, 2.45) is 0 Å². The molecule has 1 aromatic carbocycles. The minimum absolute atomic E-state index is 0.0698. The number of likely N-dealkylation sites (N-methyl/N-ethyl adjacent to an activating group) is 1. The first-order chi connectivity index (χ1) is 12.1. The number of thiophene rings is 1. The van der Waals surface area contributed by atoms with Crippen molar-refractivity contribution in [1.82, 2.24) is 14.7 Å². The molecule has 0 aliphatic carbocycles. The zero-order chi connectivity index (χ0) is 17.4. The van der Waals surface area contributed by atoms with E-state index in [-0.39, 0.29) is 5.91 Å². The van der Waals surface area contributed by atoms with E-state index in [1.807, 2.05) is 64.8 Å². The molecule has 0 saturated carbocycles. The van der Waals surface area contributed by atoms with Gasteiger partial charge in [-0.3, -0.25) is 9.69 Å². The third-order valence-corrected chi connectivity index (χ3v) is 6.15. The average Bonchev–Trinajstić information content (AvgIpc) is 3.34. The Morgan fingerprint density at radius 1 is 1.16 bits per heavy atom. The predicted octanol–water partition coefficient (Wildman–Crippen LogP) is 4.43. The van der Waals surface area contributed by atoms with Crippen molar-refractivity contribution in [2.75, 3.05) is 7.05 Å². The molecule has 3 aromatic rings. The number of para-hydroxylation sites is 1. The largest absolute Gasteiger partial charge is 0.296 e. The molecule has 0 unspecified atom stereocenters. The molecule has 1 aliphatic heterocycles. The van der Waals surface area contributed by atoms with Crippen LogP contribution in [0.4, 0.5) is 0 Å². The van der Waals surface area contributed by atoms with Crippen molar-refractivity contribution < 1.29 is 4.79 Å². The van der Waals surface area contributed by atoms with Gasteiger partial charge in [-0.15, -0.1) is 11.3 Å². The molecule has 4 nitrogen and oxygen atoms in total. The fourth-order valence-electron chi connectivity index (χ4n) is 2.50. The van der Waals surface area contributed by atoms with E-state index in [1.54, 1.807) is 18.4 Å². The van der Waals surface area contributed by atoms with Gasteiger partial charge in [0.05, 0.1) is 15.5 Å². The lowest BCUT2D eigenvalue weighted by Crippen LogP contribution is -2.22. The maximum atomic E-state index is 12.3. The van der Waals surface area contributed by atoms with E-state index < -0.39 is 0 Å². The van der Waals surface area contributed by atoms with Crippen LogP contribution in [-0.4, -0.2) is 32.0 Å². The van der Waals surface area contributed by atoms with Gasteiger partial charge in [-0.1, -0.05) is 48.2 Å². The van der Waals surface area contributed by atoms with Gasteiger partial charge in [-0.25, -0.2) is 4.68 Å². The molecule has 0 bridgehead atoms. The van der Waals surface area contributed by atoms with E-state index in [4.69, 9.17) is 17.3 Å². The Balaban J connectivity index is 1.83. The second-order valence-corrected chi connectivity index (χ2v) is 8.05. The number of nitrogens with zero attached hydrogens (tertiary/aromatic N) is 3. The van der Waals surface area contributed by atoms with Crippen molar-refractivity contribution >= 4 is 51.6 Å². The molecule has 25 heavy (non-hydrogen) atoms. The summed E-state index contributed by atoms with van der Waals surface area (Å²) in [6.45, 7) is 0. The fourth-order valence-corrected chi connectivity index (χ4v) is 4.40. The SMILES string of the molecule is CN1C(=O)C(=Cc2cn(-c3ccccc3)nc2-c2cccs2)SC1=S. The Hall–Kier alpha value is -2.22. The summed E-state index contributed by atoms with van der Waals surface area (Å²) in [5.41, 5.74) is 2.74. The van der Waals surface area contributed by atoms with Crippen LogP contribution < -0.4 is 0 Å². The van der Waals surface area contributed by atoms with E-state index in [2.05, 4.69) is 0 Å². The summed E-state index contributed by atoms with van der Waals surface area (Å²) in [5.74, 6) is -0.0698. The summed E-state index contributed by atoms with van der Waals surface area (Å²) in [6, 6.07) is 14.0. The summed E-state index contributed by atoms with van der Waals surface area (Å²) in [7, 11) is 1.70. The molecule has 4 rings (SSSR count). The Labute approximate surface area is 158 Å². The van der Waals surface area contributed by atoms with E-state index in [9.17, 15) is 4.79 Å². The maximum absolute atomic E-state index is 12.3. The minimum Gasteiger partial charge on any atom is -0.296 e. The van der Waals surface area contributed by atoms with Crippen LogP contribution in [0.1, 0.15) is 5.56 Å². The number of carbonyl (C=O) groups is 1. The van der Waals surface area contributed by atoms with Crippen molar-refractivity contribution in [3.63, 3.8) is 0 Å². The highest BCUT2D eigenvalue weighted by atomic mass is 32.2. The summed E-state index contributed by atoms with van der Waals surface area (Å²) in [5, 5.41) is 6.76.